The van der Waals surface area contributed by atoms with Gasteiger partial charge in [-0.05, 0) is 42.0 Å². The van der Waals surface area contributed by atoms with Gasteiger partial charge in [-0.2, -0.15) is 5.26 Å². The minimum atomic E-state index is -3.67. The zero-order valence-corrected chi connectivity index (χ0v) is 15.5. The first kappa shape index (κ1) is 17.5. The smallest absolute Gasteiger partial charge is 0.264 e. The highest BCUT2D eigenvalue weighted by Crippen LogP contribution is 2.45. The van der Waals surface area contributed by atoms with Gasteiger partial charge >= 0.3 is 0 Å². The molecule has 0 spiro atoms. The maximum atomic E-state index is 13.3. The molecule has 0 N–H and O–H groups in total. The van der Waals surface area contributed by atoms with Gasteiger partial charge < -0.3 is 0 Å². The van der Waals surface area contributed by atoms with E-state index >= 15 is 0 Å². The van der Waals surface area contributed by atoms with Gasteiger partial charge in [0.25, 0.3) is 10.0 Å². The van der Waals surface area contributed by atoms with Crippen LogP contribution < -0.4 is 4.31 Å². The summed E-state index contributed by atoms with van der Waals surface area (Å²) in [6.45, 7) is 6.42. The van der Waals surface area contributed by atoms with Crippen LogP contribution in [-0.2, 0) is 15.4 Å². The first-order chi connectivity index (χ1) is 11.8. The topological polar surface area (TPSA) is 61.2 Å². The molecule has 1 atom stereocenters. The highest BCUT2D eigenvalue weighted by Gasteiger charge is 2.43. The highest BCUT2D eigenvalue weighted by molar-refractivity contribution is 7.92. The molecule has 130 valence electrons. The average molecular weight is 354 g/mol. The largest absolute Gasteiger partial charge is 0.266 e. The summed E-state index contributed by atoms with van der Waals surface area (Å²) in [6, 6.07) is 16.7. The lowest BCUT2D eigenvalue weighted by Crippen LogP contribution is -2.47. The molecule has 3 rings (SSSR count). The first-order valence-electron chi connectivity index (χ1n) is 8.34. The lowest BCUT2D eigenvalue weighted by Gasteiger charge is -2.44. The molecule has 0 radical (unpaired) electrons. The summed E-state index contributed by atoms with van der Waals surface area (Å²) in [6.07, 6.45) is 0.321. The Morgan fingerprint density at radius 3 is 2.44 bits per heavy atom. The van der Waals surface area contributed by atoms with Crippen LogP contribution in [0.25, 0.3) is 0 Å². The Morgan fingerprint density at radius 2 is 1.80 bits per heavy atom. The normalized spacial score (nSPS) is 19.1. The van der Waals surface area contributed by atoms with Crippen molar-refractivity contribution in [2.24, 2.45) is 5.92 Å². The van der Waals surface area contributed by atoms with Gasteiger partial charge in [0.2, 0.25) is 0 Å². The summed E-state index contributed by atoms with van der Waals surface area (Å²) >= 11 is 0. The van der Waals surface area contributed by atoms with E-state index in [1.165, 1.54) is 4.31 Å². The molecule has 1 aliphatic heterocycles. The minimum Gasteiger partial charge on any atom is -0.266 e. The number of benzene rings is 2. The fourth-order valence-electron chi connectivity index (χ4n) is 3.48. The van der Waals surface area contributed by atoms with Gasteiger partial charge in [-0.3, -0.25) is 4.31 Å². The van der Waals surface area contributed by atoms with E-state index in [4.69, 9.17) is 0 Å². The van der Waals surface area contributed by atoms with Crippen LogP contribution in [0.2, 0.25) is 0 Å². The van der Waals surface area contributed by atoms with E-state index in [9.17, 15) is 13.7 Å². The average Bonchev–Trinajstić information content (AvgIpc) is 2.58. The van der Waals surface area contributed by atoms with Gasteiger partial charge in [0.1, 0.15) is 0 Å². The minimum absolute atomic E-state index is 0.0624. The number of anilines is 1. The van der Waals surface area contributed by atoms with Crippen LogP contribution in [0.4, 0.5) is 5.69 Å². The molecular formula is C20H22N2O2S. The maximum absolute atomic E-state index is 13.3. The maximum Gasteiger partial charge on any atom is 0.264 e. The second-order valence-corrected chi connectivity index (χ2v) is 9.01. The molecule has 1 heterocycles. The standard InChI is InChI=1S/C20H22N2O2S/c1-15-8-10-17(11-9-15)25(23,24)22-14-16(12-13-21)20(2,3)18-6-4-5-7-19(18)22/h4-11,16H,12,14H2,1-3H3. The third kappa shape index (κ3) is 2.91. The monoisotopic (exact) mass is 354 g/mol. The van der Waals surface area contributed by atoms with Crippen LogP contribution in [0.15, 0.2) is 53.4 Å². The van der Waals surface area contributed by atoms with E-state index in [1.54, 1.807) is 24.3 Å². The zero-order valence-electron chi connectivity index (χ0n) is 14.7. The quantitative estimate of drug-likeness (QED) is 0.836. The highest BCUT2D eigenvalue weighted by atomic mass is 32.2. The summed E-state index contributed by atoms with van der Waals surface area (Å²) in [5, 5.41) is 9.22. The van der Waals surface area contributed by atoms with Crippen LogP contribution in [0.3, 0.4) is 0 Å². The van der Waals surface area contributed by atoms with Crippen LogP contribution in [0.5, 0.6) is 0 Å². The number of hydrogen-bond donors (Lipinski definition) is 0. The summed E-state index contributed by atoms with van der Waals surface area (Å²) in [5.74, 6) is -0.0624. The second kappa shape index (κ2) is 6.20. The Morgan fingerprint density at radius 1 is 1.16 bits per heavy atom. The molecule has 0 aliphatic carbocycles. The molecule has 1 unspecified atom stereocenters. The van der Waals surface area contributed by atoms with E-state index in [0.29, 0.717) is 18.7 Å². The molecular weight excluding hydrogens is 332 g/mol. The molecule has 0 bridgehead atoms. The Labute approximate surface area is 149 Å². The summed E-state index contributed by atoms with van der Waals surface area (Å²) in [4.78, 5) is 0.281. The Bertz CT molecular complexity index is 925. The number of para-hydroxylation sites is 1. The van der Waals surface area contributed by atoms with Crippen molar-refractivity contribution in [1.82, 2.24) is 0 Å². The second-order valence-electron chi connectivity index (χ2n) is 7.15. The molecule has 0 saturated carbocycles. The Balaban J connectivity index is 2.15. The van der Waals surface area contributed by atoms with Crippen molar-refractivity contribution < 1.29 is 8.42 Å². The first-order valence-corrected chi connectivity index (χ1v) is 9.78. The summed E-state index contributed by atoms with van der Waals surface area (Å²) in [5.41, 5.74) is 2.44. The third-order valence-corrected chi connectivity index (χ3v) is 7.01. The van der Waals surface area contributed by atoms with Crippen LogP contribution >= 0.6 is 0 Å². The van der Waals surface area contributed by atoms with Crippen LogP contribution in [0.1, 0.15) is 31.4 Å². The molecule has 2 aromatic rings. The molecule has 25 heavy (non-hydrogen) atoms. The van der Waals surface area contributed by atoms with Crippen molar-refractivity contribution in [1.29, 1.82) is 5.26 Å². The predicted molar refractivity (Wildman–Crippen MR) is 98.9 cm³/mol. The third-order valence-electron chi connectivity index (χ3n) is 5.22. The number of nitriles is 1. The lowest BCUT2D eigenvalue weighted by atomic mass is 9.69. The number of rotatable bonds is 3. The summed E-state index contributed by atoms with van der Waals surface area (Å²) < 4.78 is 28.0. The van der Waals surface area contributed by atoms with E-state index in [1.807, 2.05) is 31.2 Å². The molecule has 2 aromatic carbocycles. The number of nitrogens with zero attached hydrogens (tertiary/aromatic N) is 2. The molecule has 4 nitrogen and oxygen atoms in total. The molecule has 0 aromatic heterocycles. The summed E-state index contributed by atoms with van der Waals surface area (Å²) in [7, 11) is -3.67. The van der Waals surface area contributed by atoms with Crippen LogP contribution in [0, 0.1) is 24.2 Å². The van der Waals surface area contributed by atoms with Crippen molar-refractivity contribution in [2.45, 2.75) is 37.5 Å². The van der Waals surface area contributed by atoms with Gasteiger partial charge in [0, 0.05) is 13.0 Å². The van der Waals surface area contributed by atoms with Gasteiger partial charge in [-0.1, -0.05) is 49.7 Å². The van der Waals surface area contributed by atoms with Gasteiger partial charge in [-0.25, -0.2) is 8.42 Å². The zero-order chi connectivity index (χ0) is 18.2. The van der Waals surface area contributed by atoms with Crippen molar-refractivity contribution in [3.63, 3.8) is 0 Å². The van der Waals surface area contributed by atoms with Crippen molar-refractivity contribution in [3.8, 4) is 6.07 Å². The van der Waals surface area contributed by atoms with E-state index in [-0.39, 0.29) is 16.2 Å². The molecule has 0 amide bonds. The van der Waals surface area contributed by atoms with Crippen LogP contribution in [-0.4, -0.2) is 15.0 Å². The Hall–Kier alpha value is -2.32. The van der Waals surface area contributed by atoms with Gasteiger partial charge in [0.05, 0.1) is 16.7 Å². The van der Waals surface area contributed by atoms with E-state index in [2.05, 4.69) is 19.9 Å². The molecule has 1 aliphatic rings. The SMILES string of the molecule is Cc1ccc(S(=O)(=O)N2CC(CC#N)C(C)(C)c3ccccc32)cc1. The number of sulfonamides is 1. The Kier molecular flexibility index (Phi) is 4.34. The van der Waals surface area contributed by atoms with Gasteiger partial charge in [0.15, 0.2) is 0 Å². The lowest BCUT2D eigenvalue weighted by molar-refractivity contribution is 0.318. The molecule has 0 fully saturated rings. The fraction of sp³-hybridized carbons (Fsp3) is 0.350. The molecule has 0 saturated heterocycles. The van der Waals surface area contributed by atoms with Gasteiger partial charge in [-0.15, -0.1) is 0 Å². The predicted octanol–water partition coefficient (Wildman–Crippen LogP) is 4.01. The number of aryl methyl sites for hydroxylation is 1. The van der Waals surface area contributed by atoms with Crippen molar-refractivity contribution in [3.05, 3.63) is 59.7 Å². The molecule has 5 heteroatoms. The fourth-order valence-corrected chi connectivity index (χ4v) is 5.01. The van der Waals surface area contributed by atoms with E-state index in [0.717, 1.165) is 11.1 Å². The number of fused-ring (bicyclic) bond motifs is 1. The van der Waals surface area contributed by atoms with Crippen molar-refractivity contribution in [2.75, 3.05) is 10.8 Å². The number of hydrogen-bond acceptors (Lipinski definition) is 3. The van der Waals surface area contributed by atoms with E-state index < -0.39 is 10.0 Å². The van der Waals surface area contributed by atoms with Crippen molar-refractivity contribution >= 4 is 15.7 Å².